The molecule has 0 radical (unpaired) electrons. The lowest BCUT2D eigenvalue weighted by Gasteiger charge is -2.18. The highest BCUT2D eigenvalue weighted by atomic mass is 32.2. The molecule has 0 aliphatic carbocycles. The molecule has 4 heteroatoms. The summed E-state index contributed by atoms with van der Waals surface area (Å²) in [7, 11) is 0. The van der Waals surface area contributed by atoms with Crippen LogP contribution in [0.4, 0.5) is 0 Å². The summed E-state index contributed by atoms with van der Waals surface area (Å²) in [6, 6.07) is 3.21. The maximum absolute atomic E-state index is 4.74. The lowest BCUT2D eigenvalue weighted by atomic mass is 10.2. The van der Waals surface area contributed by atoms with Crippen LogP contribution in [0.3, 0.4) is 0 Å². The van der Waals surface area contributed by atoms with Gasteiger partial charge in [-0.3, -0.25) is 4.68 Å². The zero-order valence-electron chi connectivity index (χ0n) is 14.4. The molecular weight excluding hydrogens is 278 g/mol. The van der Waals surface area contributed by atoms with E-state index in [-0.39, 0.29) is 0 Å². The van der Waals surface area contributed by atoms with Crippen LogP contribution in [0.1, 0.15) is 59.2 Å². The van der Waals surface area contributed by atoms with E-state index in [1.54, 1.807) is 0 Å². The molecule has 21 heavy (non-hydrogen) atoms. The smallest absolute Gasteiger partial charge is 0.0640 e. The molecule has 2 atom stereocenters. The molecule has 0 aliphatic rings. The minimum Gasteiger partial charge on any atom is -0.313 e. The van der Waals surface area contributed by atoms with Crippen LogP contribution < -0.4 is 5.32 Å². The number of aromatic nitrogens is 2. The van der Waals surface area contributed by atoms with E-state index >= 15 is 0 Å². The molecule has 2 unspecified atom stereocenters. The van der Waals surface area contributed by atoms with E-state index < -0.39 is 0 Å². The van der Waals surface area contributed by atoms with Crippen molar-refractivity contribution in [2.24, 2.45) is 5.92 Å². The van der Waals surface area contributed by atoms with Gasteiger partial charge in [0.15, 0.2) is 0 Å². The minimum absolute atomic E-state index is 0.496. The number of thioether (sulfide) groups is 1. The van der Waals surface area contributed by atoms with E-state index in [2.05, 4.69) is 68.6 Å². The average molecular weight is 312 g/mol. The van der Waals surface area contributed by atoms with Crippen LogP contribution in [0.25, 0.3) is 0 Å². The van der Waals surface area contributed by atoms with E-state index in [1.165, 1.54) is 23.6 Å². The Morgan fingerprint density at radius 3 is 2.62 bits per heavy atom. The van der Waals surface area contributed by atoms with Crippen molar-refractivity contribution in [2.75, 3.05) is 18.1 Å². The largest absolute Gasteiger partial charge is 0.313 e. The van der Waals surface area contributed by atoms with Crippen molar-refractivity contribution in [1.82, 2.24) is 15.1 Å². The summed E-state index contributed by atoms with van der Waals surface area (Å²) in [4.78, 5) is 0. The molecule has 1 aromatic heterocycles. The summed E-state index contributed by atoms with van der Waals surface area (Å²) in [5.41, 5.74) is 1.22. The van der Waals surface area contributed by atoms with Crippen LogP contribution in [0.2, 0.25) is 0 Å². The van der Waals surface area contributed by atoms with Crippen LogP contribution in [-0.4, -0.2) is 33.9 Å². The summed E-state index contributed by atoms with van der Waals surface area (Å²) in [6.07, 6.45) is 5.48. The van der Waals surface area contributed by atoms with Gasteiger partial charge >= 0.3 is 0 Å². The first kappa shape index (κ1) is 18.6. The molecule has 0 aromatic carbocycles. The topological polar surface area (TPSA) is 29.9 Å². The van der Waals surface area contributed by atoms with Crippen molar-refractivity contribution >= 4 is 11.8 Å². The van der Waals surface area contributed by atoms with Crippen LogP contribution >= 0.6 is 11.8 Å². The van der Waals surface area contributed by atoms with Gasteiger partial charge in [-0.1, -0.05) is 27.7 Å². The third-order valence-electron chi connectivity index (χ3n) is 3.61. The third kappa shape index (κ3) is 7.37. The van der Waals surface area contributed by atoms with Crippen molar-refractivity contribution < 1.29 is 0 Å². The van der Waals surface area contributed by atoms with Gasteiger partial charge in [0.2, 0.25) is 0 Å². The quantitative estimate of drug-likeness (QED) is 0.665. The normalized spacial score (nSPS) is 14.6. The Labute approximate surface area is 135 Å². The Kier molecular flexibility index (Phi) is 9.09. The number of nitrogens with zero attached hydrogens (tertiary/aromatic N) is 2. The van der Waals surface area contributed by atoms with E-state index in [0.717, 1.165) is 25.3 Å². The summed E-state index contributed by atoms with van der Waals surface area (Å²) in [5, 5.41) is 8.41. The lowest BCUT2D eigenvalue weighted by Crippen LogP contribution is -2.34. The van der Waals surface area contributed by atoms with Gasteiger partial charge in [-0.2, -0.15) is 16.9 Å². The number of hydrogen-bond acceptors (Lipinski definition) is 3. The Bertz CT molecular complexity index is 376. The van der Waals surface area contributed by atoms with Crippen LogP contribution in [-0.2, 0) is 6.42 Å². The van der Waals surface area contributed by atoms with Gasteiger partial charge in [0.05, 0.1) is 5.69 Å². The van der Waals surface area contributed by atoms with Gasteiger partial charge in [0, 0.05) is 30.5 Å². The molecule has 0 bridgehead atoms. The number of nitrogens with one attached hydrogen (secondary N) is 1. The highest BCUT2D eigenvalue weighted by Gasteiger charge is 2.12. The SMILES string of the molecule is CCCNC(CSCC(C)C)Cc1ccn(C(C)CC)n1. The van der Waals surface area contributed by atoms with Crippen molar-refractivity contribution in [3.8, 4) is 0 Å². The predicted molar refractivity (Wildman–Crippen MR) is 95.2 cm³/mol. The molecule has 0 saturated carbocycles. The highest BCUT2D eigenvalue weighted by molar-refractivity contribution is 7.99. The Hall–Kier alpha value is -0.480. The first-order valence-corrected chi connectivity index (χ1v) is 9.57. The lowest BCUT2D eigenvalue weighted by molar-refractivity contribution is 0.468. The molecule has 0 saturated heterocycles. The van der Waals surface area contributed by atoms with Crippen molar-refractivity contribution in [3.63, 3.8) is 0 Å². The van der Waals surface area contributed by atoms with Crippen LogP contribution in [0.15, 0.2) is 12.3 Å². The van der Waals surface area contributed by atoms with Crippen LogP contribution in [0.5, 0.6) is 0 Å². The summed E-state index contributed by atoms with van der Waals surface area (Å²) < 4.78 is 2.10. The van der Waals surface area contributed by atoms with Gasteiger partial charge in [-0.05, 0) is 44.0 Å². The fourth-order valence-electron chi connectivity index (χ4n) is 2.16. The molecule has 1 rings (SSSR count). The van der Waals surface area contributed by atoms with Crippen LogP contribution in [0, 0.1) is 5.92 Å². The molecule has 122 valence electrons. The fourth-order valence-corrected chi connectivity index (χ4v) is 3.28. The molecular formula is C17H33N3S. The minimum atomic E-state index is 0.496. The predicted octanol–water partition coefficient (Wildman–Crippen LogP) is 4.15. The first-order chi connectivity index (χ1) is 10.1. The van der Waals surface area contributed by atoms with Crippen molar-refractivity contribution in [1.29, 1.82) is 0 Å². The maximum Gasteiger partial charge on any atom is 0.0640 e. The van der Waals surface area contributed by atoms with Crippen molar-refractivity contribution in [3.05, 3.63) is 18.0 Å². The monoisotopic (exact) mass is 311 g/mol. The van der Waals surface area contributed by atoms with E-state index in [0.29, 0.717) is 12.1 Å². The molecule has 0 aliphatic heterocycles. The number of hydrogen-bond donors (Lipinski definition) is 1. The zero-order valence-corrected chi connectivity index (χ0v) is 15.2. The summed E-state index contributed by atoms with van der Waals surface area (Å²) in [6.45, 7) is 12.3. The average Bonchev–Trinajstić information content (AvgIpc) is 2.91. The Balaban J connectivity index is 2.52. The van der Waals surface area contributed by atoms with Crippen molar-refractivity contribution in [2.45, 2.75) is 66.0 Å². The number of rotatable bonds is 11. The molecule has 1 N–H and O–H groups in total. The standard InChI is InChI=1S/C17H33N3S/c1-6-9-18-17(13-21-12-14(3)4)11-16-8-10-20(19-16)15(5)7-2/h8,10,14-15,17-18H,6-7,9,11-13H2,1-5H3. The van der Waals surface area contributed by atoms with Gasteiger partial charge in [0.25, 0.3) is 0 Å². The van der Waals surface area contributed by atoms with Gasteiger partial charge in [0.1, 0.15) is 0 Å². The van der Waals surface area contributed by atoms with Gasteiger partial charge < -0.3 is 5.32 Å². The molecule has 3 nitrogen and oxygen atoms in total. The van der Waals surface area contributed by atoms with Gasteiger partial charge in [-0.25, -0.2) is 0 Å². The molecule has 0 fully saturated rings. The first-order valence-electron chi connectivity index (χ1n) is 8.41. The third-order valence-corrected chi connectivity index (χ3v) is 5.16. The second kappa shape index (κ2) is 10.3. The Morgan fingerprint density at radius 2 is 2.00 bits per heavy atom. The second-order valence-corrected chi connectivity index (χ2v) is 7.41. The van der Waals surface area contributed by atoms with E-state index in [4.69, 9.17) is 5.10 Å². The second-order valence-electron chi connectivity index (χ2n) is 6.33. The molecule has 0 amide bonds. The van der Waals surface area contributed by atoms with E-state index in [1.807, 2.05) is 0 Å². The van der Waals surface area contributed by atoms with Gasteiger partial charge in [-0.15, -0.1) is 0 Å². The molecule has 1 aromatic rings. The summed E-state index contributed by atoms with van der Waals surface area (Å²) >= 11 is 2.06. The zero-order chi connectivity index (χ0) is 15.7. The Morgan fingerprint density at radius 1 is 1.24 bits per heavy atom. The molecule has 1 heterocycles. The summed E-state index contributed by atoms with van der Waals surface area (Å²) in [5.74, 6) is 3.19. The fraction of sp³-hybridized carbons (Fsp3) is 0.824. The van der Waals surface area contributed by atoms with E-state index in [9.17, 15) is 0 Å². The maximum atomic E-state index is 4.74. The highest BCUT2D eigenvalue weighted by Crippen LogP contribution is 2.14. The molecule has 0 spiro atoms.